The Morgan fingerprint density at radius 3 is 2.83 bits per heavy atom. The molecule has 0 saturated heterocycles. The maximum atomic E-state index is 12.5. The van der Waals surface area contributed by atoms with Crippen LogP contribution in [0.1, 0.15) is 46.5 Å². The van der Waals surface area contributed by atoms with Crippen molar-refractivity contribution in [3.63, 3.8) is 0 Å². The van der Waals surface area contributed by atoms with Crippen LogP contribution in [-0.4, -0.2) is 51.8 Å². The number of hydrogen-bond acceptors (Lipinski definition) is 5. The second-order valence-electron chi connectivity index (χ2n) is 7.42. The fourth-order valence-corrected chi connectivity index (χ4v) is 3.46. The second kappa shape index (κ2) is 7.76. The number of rotatable bonds is 7. The van der Waals surface area contributed by atoms with Gasteiger partial charge in [0.15, 0.2) is 5.79 Å². The zero-order chi connectivity index (χ0) is 17.9. The van der Waals surface area contributed by atoms with Gasteiger partial charge in [0.2, 0.25) is 5.91 Å². The molecule has 0 aromatic heterocycles. The van der Waals surface area contributed by atoms with Gasteiger partial charge in [-0.05, 0) is 24.7 Å². The molecule has 1 aliphatic carbocycles. The summed E-state index contributed by atoms with van der Waals surface area (Å²) in [4.78, 5) is 18.3. The summed E-state index contributed by atoms with van der Waals surface area (Å²) in [5.74, 6) is -1.85. The first-order chi connectivity index (χ1) is 11.2. The number of carbonyl (C=O) groups excluding carboxylic acids is 1. The lowest BCUT2D eigenvalue weighted by Gasteiger charge is -2.37. The topological polar surface area (TPSA) is 99.2 Å². The van der Waals surface area contributed by atoms with Crippen molar-refractivity contribution in [3.05, 3.63) is 12.2 Å². The fourth-order valence-electron chi connectivity index (χ4n) is 3.46. The number of nitrogens with zero attached hydrogens (tertiary/aromatic N) is 2. The maximum absolute atomic E-state index is 12.5. The zero-order valence-corrected chi connectivity index (χ0v) is 14.9. The van der Waals surface area contributed by atoms with Gasteiger partial charge in [-0.3, -0.25) is 14.7 Å². The van der Waals surface area contributed by atoms with Gasteiger partial charge in [0.1, 0.15) is 0 Å². The quantitative estimate of drug-likeness (QED) is 0.481. The first-order valence-electron chi connectivity index (χ1n) is 8.96. The highest BCUT2D eigenvalue weighted by molar-refractivity contribution is 5.93. The van der Waals surface area contributed by atoms with Crippen molar-refractivity contribution in [1.29, 1.82) is 0 Å². The molecule has 0 fully saturated rings. The summed E-state index contributed by atoms with van der Waals surface area (Å²) in [6, 6.07) is -0.354. The van der Waals surface area contributed by atoms with E-state index in [1.807, 2.05) is 19.1 Å². The monoisotopic (exact) mass is 337 g/mol. The predicted octanol–water partition coefficient (Wildman–Crippen LogP) is 1.27. The Morgan fingerprint density at radius 1 is 1.46 bits per heavy atom. The van der Waals surface area contributed by atoms with Crippen molar-refractivity contribution < 1.29 is 15.0 Å². The van der Waals surface area contributed by atoms with Crippen LogP contribution in [0.25, 0.3) is 0 Å². The van der Waals surface area contributed by atoms with Crippen LogP contribution in [0.2, 0.25) is 0 Å². The molecule has 2 aliphatic rings. The lowest BCUT2D eigenvalue weighted by Crippen LogP contribution is -2.53. The molecular formula is C18H31N3O3. The van der Waals surface area contributed by atoms with Crippen molar-refractivity contribution in [2.75, 3.05) is 6.54 Å². The molecule has 0 spiro atoms. The first kappa shape index (κ1) is 19.1. The van der Waals surface area contributed by atoms with Crippen LogP contribution in [0.4, 0.5) is 0 Å². The van der Waals surface area contributed by atoms with Crippen molar-refractivity contribution in [2.45, 2.75) is 64.3 Å². The number of aliphatic imine (C=N–C) groups is 1. The lowest BCUT2D eigenvalue weighted by molar-refractivity contribution is -0.182. The fraction of sp³-hybridized carbons (Fsp3) is 0.778. The summed E-state index contributed by atoms with van der Waals surface area (Å²) < 4.78 is 0. The highest BCUT2D eigenvalue weighted by Crippen LogP contribution is 2.27. The van der Waals surface area contributed by atoms with Crippen molar-refractivity contribution in [1.82, 2.24) is 4.90 Å². The normalized spacial score (nSPS) is 27.8. The van der Waals surface area contributed by atoms with Crippen LogP contribution in [-0.2, 0) is 4.79 Å². The van der Waals surface area contributed by atoms with Gasteiger partial charge in [0, 0.05) is 12.5 Å². The molecule has 0 saturated carbocycles. The molecule has 6 heteroatoms. The van der Waals surface area contributed by atoms with Crippen molar-refractivity contribution in [3.8, 4) is 0 Å². The van der Waals surface area contributed by atoms with Gasteiger partial charge in [-0.25, -0.2) is 0 Å². The average molecular weight is 337 g/mol. The van der Waals surface area contributed by atoms with Crippen LogP contribution >= 0.6 is 0 Å². The van der Waals surface area contributed by atoms with E-state index in [-0.39, 0.29) is 42.8 Å². The van der Waals surface area contributed by atoms with Crippen LogP contribution in [0.5, 0.6) is 0 Å². The summed E-state index contributed by atoms with van der Waals surface area (Å²) in [5, 5.41) is 20.7. The van der Waals surface area contributed by atoms with Crippen LogP contribution in [0.3, 0.4) is 0 Å². The Bertz CT molecular complexity index is 504. The van der Waals surface area contributed by atoms with Gasteiger partial charge >= 0.3 is 0 Å². The molecule has 6 nitrogen and oxygen atoms in total. The number of carbonyl (C=O) groups is 1. The molecule has 0 aromatic rings. The van der Waals surface area contributed by atoms with E-state index < -0.39 is 5.79 Å². The Kier molecular flexibility index (Phi) is 6.17. The smallest absolute Gasteiger partial charge is 0.236 e. The summed E-state index contributed by atoms with van der Waals surface area (Å²) in [6.45, 7) is 6.03. The molecule has 1 aliphatic heterocycles. The number of β-amino-alcohol motifs (C(OH)–C–C–N with tert-alkyl or cyclic N) is 2. The van der Waals surface area contributed by atoms with Crippen LogP contribution in [0.15, 0.2) is 17.1 Å². The zero-order valence-electron chi connectivity index (χ0n) is 14.9. The molecule has 1 heterocycles. The molecule has 0 radical (unpaired) electrons. The number of fused-ring (bicyclic) bond motifs is 1. The Hall–Kier alpha value is -1.24. The minimum absolute atomic E-state index is 0.0155. The van der Waals surface area contributed by atoms with E-state index in [1.165, 1.54) is 11.2 Å². The number of hydrogen-bond donors (Lipinski definition) is 3. The minimum atomic E-state index is -2.02. The summed E-state index contributed by atoms with van der Waals surface area (Å²) in [6.07, 6.45) is 8.13. The van der Waals surface area contributed by atoms with Crippen LogP contribution < -0.4 is 5.73 Å². The largest absolute Gasteiger partial charge is 0.364 e. The predicted molar refractivity (Wildman–Crippen MR) is 94.2 cm³/mol. The van der Waals surface area contributed by atoms with Gasteiger partial charge < -0.3 is 15.9 Å². The molecule has 2 rings (SSSR count). The van der Waals surface area contributed by atoms with E-state index in [9.17, 15) is 15.0 Å². The van der Waals surface area contributed by atoms with E-state index >= 15 is 0 Å². The second-order valence-corrected chi connectivity index (χ2v) is 7.42. The standard InChI is InChI=1S/C18H31N3O3/c1-4-12(2)13(3)15(19)9-18(23,24)10-21-11-20-16-8-6-5-7-14(16)17(21)22/h5,7,11-16,23-24H,4,6,8-10,19H2,1-3H3/t12?,13?,14?,15-,16?/m0/s1. The van der Waals surface area contributed by atoms with Crippen LogP contribution in [0, 0.1) is 17.8 Å². The van der Waals surface area contributed by atoms with Gasteiger partial charge in [-0.2, -0.15) is 0 Å². The first-order valence-corrected chi connectivity index (χ1v) is 8.96. The van der Waals surface area contributed by atoms with Gasteiger partial charge in [0.05, 0.1) is 24.8 Å². The highest BCUT2D eigenvalue weighted by Gasteiger charge is 2.38. The molecule has 4 unspecified atom stereocenters. The summed E-state index contributed by atoms with van der Waals surface area (Å²) in [5.41, 5.74) is 6.16. The maximum Gasteiger partial charge on any atom is 0.236 e. The molecule has 4 N–H and O–H groups in total. The molecule has 1 amide bonds. The van der Waals surface area contributed by atoms with Gasteiger partial charge in [-0.1, -0.05) is 39.3 Å². The molecular weight excluding hydrogens is 306 g/mol. The van der Waals surface area contributed by atoms with Gasteiger partial charge in [0.25, 0.3) is 0 Å². The molecule has 5 atom stereocenters. The van der Waals surface area contributed by atoms with E-state index in [0.29, 0.717) is 5.92 Å². The van der Waals surface area contributed by atoms with Gasteiger partial charge in [-0.15, -0.1) is 0 Å². The average Bonchev–Trinajstić information content (AvgIpc) is 2.55. The molecule has 0 bridgehead atoms. The number of aliphatic hydroxyl groups is 2. The lowest BCUT2D eigenvalue weighted by atomic mass is 9.84. The Labute approximate surface area is 144 Å². The van der Waals surface area contributed by atoms with Crippen molar-refractivity contribution in [2.24, 2.45) is 28.5 Å². The molecule has 0 aromatic carbocycles. The Morgan fingerprint density at radius 2 is 2.17 bits per heavy atom. The number of allylic oxidation sites excluding steroid dienone is 1. The van der Waals surface area contributed by atoms with E-state index in [2.05, 4.69) is 18.8 Å². The Balaban J connectivity index is 1.98. The number of nitrogens with two attached hydrogens (primary N) is 1. The SMILES string of the molecule is CCC(C)C(C)[C@@H](N)CC(O)(O)CN1C=NC2CCC=CC2C1=O. The third kappa shape index (κ3) is 4.43. The van der Waals surface area contributed by atoms with E-state index in [0.717, 1.165) is 19.3 Å². The number of amides is 1. The summed E-state index contributed by atoms with van der Waals surface area (Å²) in [7, 11) is 0. The third-order valence-corrected chi connectivity index (χ3v) is 5.56. The summed E-state index contributed by atoms with van der Waals surface area (Å²) >= 11 is 0. The van der Waals surface area contributed by atoms with E-state index in [4.69, 9.17) is 5.73 Å². The van der Waals surface area contributed by atoms with Crippen molar-refractivity contribution >= 4 is 12.2 Å². The highest BCUT2D eigenvalue weighted by atomic mass is 16.5. The molecule has 136 valence electrons. The minimum Gasteiger partial charge on any atom is -0.364 e. The molecule has 24 heavy (non-hydrogen) atoms. The van der Waals surface area contributed by atoms with E-state index in [1.54, 1.807) is 0 Å². The third-order valence-electron chi connectivity index (χ3n) is 5.56.